The van der Waals surface area contributed by atoms with Gasteiger partial charge < -0.3 is 10.1 Å². The third-order valence-electron chi connectivity index (χ3n) is 3.61. The molecule has 1 amide bonds. The van der Waals surface area contributed by atoms with Gasteiger partial charge in [0.25, 0.3) is 0 Å². The number of rotatable bonds is 4. The van der Waals surface area contributed by atoms with E-state index < -0.39 is 22.8 Å². The van der Waals surface area contributed by atoms with Crippen LogP contribution in [-0.4, -0.2) is 34.4 Å². The van der Waals surface area contributed by atoms with Gasteiger partial charge in [0, 0.05) is 6.61 Å². The average molecular weight is 340 g/mol. The van der Waals surface area contributed by atoms with Crippen LogP contribution in [0.1, 0.15) is 31.2 Å². The van der Waals surface area contributed by atoms with Crippen LogP contribution in [0.15, 0.2) is 0 Å². The van der Waals surface area contributed by atoms with E-state index in [1.165, 1.54) is 6.92 Å². The molecule has 1 aromatic rings. The highest BCUT2D eigenvalue weighted by molar-refractivity contribution is 6.32. The van der Waals surface area contributed by atoms with E-state index in [2.05, 4.69) is 10.4 Å². The van der Waals surface area contributed by atoms with Crippen LogP contribution in [0.25, 0.3) is 0 Å². The van der Waals surface area contributed by atoms with E-state index in [1.807, 2.05) is 0 Å². The number of aromatic nitrogens is 2. The molecule has 1 saturated heterocycles. The quantitative estimate of drug-likeness (QED) is 0.917. The fraction of sp³-hybridized carbons (Fsp3) is 0.692. The van der Waals surface area contributed by atoms with Gasteiger partial charge in [-0.25, -0.2) is 0 Å². The summed E-state index contributed by atoms with van der Waals surface area (Å²) < 4.78 is 44.6. The highest BCUT2D eigenvalue weighted by Gasteiger charge is 2.38. The van der Waals surface area contributed by atoms with Gasteiger partial charge >= 0.3 is 6.18 Å². The average Bonchev–Trinajstić information content (AvgIpc) is 3.02. The Labute approximate surface area is 130 Å². The molecule has 2 heterocycles. The molecule has 5 nitrogen and oxygen atoms in total. The summed E-state index contributed by atoms with van der Waals surface area (Å²) in [5.74, 6) is -0.431. The second-order valence-electron chi connectivity index (χ2n) is 5.31. The molecule has 1 aromatic heterocycles. The van der Waals surface area contributed by atoms with Crippen molar-refractivity contribution in [3.63, 3.8) is 0 Å². The topological polar surface area (TPSA) is 56.2 Å². The maximum Gasteiger partial charge on any atom is 0.436 e. The maximum absolute atomic E-state index is 12.7. The van der Waals surface area contributed by atoms with E-state index in [9.17, 15) is 18.0 Å². The summed E-state index contributed by atoms with van der Waals surface area (Å²) in [5.41, 5.74) is -1.07. The first-order valence-corrected chi connectivity index (χ1v) is 7.29. The molecule has 1 aliphatic rings. The second-order valence-corrected chi connectivity index (χ2v) is 5.69. The normalized spacial score (nSPS) is 20.2. The van der Waals surface area contributed by atoms with Gasteiger partial charge in [-0.1, -0.05) is 11.6 Å². The molecule has 0 radical (unpaired) electrons. The van der Waals surface area contributed by atoms with Crippen LogP contribution >= 0.6 is 11.6 Å². The maximum atomic E-state index is 12.7. The second kappa shape index (κ2) is 6.45. The van der Waals surface area contributed by atoms with Crippen LogP contribution in [0.2, 0.25) is 5.02 Å². The minimum atomic E-state index is -4.64. The predicted octanol–water partition coefficient (Wildman–Crippen LogP) is 2.55. The number of hydrogen-bond donors (Lipinski definition) is 1. The summed E-state index contributed by atoms with van der Waals surface area (Å²) in [7, 11) is 0. The first kappa shape index (κ1) is 17.1. The zero-order valence-electron chi connectivity index (χ0n) is 12.2. The lowest BCUT2D eigenvalue weighted by molar-refractivity contribution is -0.141. The molecule has 0 spiro atoms. The fourth-order valence-electron chi connectivity index (χ4n) is 2.38. The standard InChI is InChI=1S/C13H17ClF3N3O2/c1-7(9-4-3-5-22-9)18-10(21)6-20-8(2)11(14)12(19-20)13(15,16)17/h7,9H,3-6H2,1-2H3,(H,18,21)/t7-,9+/m0/s1. The van der Waals surface area contributed by atoms with Gasteiger partial charge in [0.2, 0.25) is 5.91 Å². The van der Waals surface area contributed by atoms with E-state index in [0.29, 0.717) is 6.61 Å². The van der Waals surface area contributed by atoms with Crippen molar-refractivity contribution in [1.29, 1.82) is 0 Å². The molecule has 2 atom stereocenters. The van der Waals surface area contributed by atoms with Crippen molar-refractivity contribution in [3.05, 3.63) is 16.4 Å². The summed E-state index contributed by atoms with van der Waals surface area (Å²) in [6.45, 7) is 3.53. The van der Waals surface area contributed by atoms with E-state index in [4.69, 9.17) is 16.3 Å². The molecule has 22 heavy (non-hydrogen) atoms. The van der Waals surface area contributed by atoms with E-state index in [-0.39, 0.29) is 24.4 Å². The number of hydrogen-bond acceptors (Lipinski definition) is 3. The first-order valence-electron chi connectivity index (χ1n) is 6.91. The predicted molar refractivity (Wildman–Crippen MR) is 73.6 cm³/mol. The van der Waals surface area contributed by atoms with Gasteiger partial charge in [0.15, 0.2) is 5.69 Å². The van der Waals surface area contributed by atoms with Crippen LogP contribution in [-0.2, 0) is 22.3 Å². The number of halogens is 4. The van der Waals surface area contributed by atoms with Crippen molar-refractivity contribution >= 4 is 17.5 Å². The number of carbonyl (C=O) groups excluding carboxylic acids is 1. The molecule has 2 rings (SSSR count). The molecule has 0 unspecified atom stereocenters. The number of alkyl halides is 3. The highest BCUT2D eigenvalue weighted by atomic mass is 35.5. The number of nitrogens with one attached hydrogen (secondary N) is 1. The Bertz CT molecular complexity index is 553. The van der Waals surface area contributed by atoms with Crippen molar-refractivity contribution < 1.29 is 22.7 Å². The largest absolute Gasteiger partial charge is 0.436 e. The zero-order chi connectivity index (χ0) is 16.5. The number of nitrogens with zero attached hydrogens (tertiary/aromatic N) is 2. The van der Waals surface area contributed by atoms with Gasteiger partial charge in [-0.05, 0) is 26.7 Å². The fourth-order valence-corrected chi connectivity index (χ4v) is 2.63. The SMILES string of the molecule is Cc1c(Cl)c(C(F)(F)F)nn1CC(=O)N[C@@H](C)[C@H]1CCCO1. The highest BCUT2D eigenvalue weighted by Crippen LogP contribution is 2.35. The third kappa shape index (κ3) is 3.73. The summed E-state index contributed by atoms with van der Waals surface area (Å²) >= 11 is 5.64. The van der Waals surface area contributed by atoms with Crippen LogP contribution in [0.4, 0.5) is 13.2 Å². The van der Waals surface area contributed by atoms with Gasteiger partial charge in [0.1, 0.15) is 6.54 Å². The van der Waals surface area contributed by atoms with Crippen molar-refractivity contribution in [1.82, 2.24) is 15.1 Å². The van der Waals surface area contributed by atoms with Gasteiger partial charge in [-0.3, -0.25) is 9.48 Å². The lowest BCUT2D eigenvalue weighted by Crippen LogP contribution is -2.42. The van der Waals surface area contributed by atoms with Gasteiger partial charge in [-0.15, -0.1) is 0 Å². The number of amides is 1. The van der Waals surface area contributed by atoms with Crippen molar-refractivity contribution in [2.24, 2.45) is 0 Å². The van der Waals surface area contributed by atoms with E-state index in [1.54, 1.807) is 6.92 Å². The smallest absolute Gasteiger partial charge is 0.376 e. The minimum Gasteiger partial charge on any atom is -0.376 e. The lowest BCUT2D eigenvalue weighted by Gasteiger charge is -2.20. The molecule has 0 aromatic carbocycles. The monoisotopic (exact) mass is 339 g/mol. The summed E-state index contributed by atoms with van der Waals surface area (Å²) in [6, 6.07) is -0.205. The van der Waals surface area contributed by atoms with Gasteiger partial charge in [-0.2, -0.15) is 18.3 Å². The Morgan fingerprint density at radius 1 is 1.59 bits per heavy atom. The Kier molecular flexibility index (Phi) is 5.01. The molecule has 1 N–H and O–H groups in total. The Morgan fingerprint density at radius 3 is 2.77 bits per heavy atom. The van der Waals surface area contributed by atoms with E-state index in [0.717, 1.165) is 17.5 Å². The van der Waals surface area contributed by atoms with Crippen molar-refractivity contribution in [2.45, 2.75) is 51.6 Å². The molecular weight excluding hydrogens is 323 g/mol. The zero-order valence-corrected chi connectivity index (χ0v) is 13.0. The van der Waals surface area contributed by atoms with Crippen LogP contribution < -0.4 is 5.32 Å². The number of carbonyl (C=O) groups is 1. The molecular formula is C13H17ClF3N3O2. The van der Waals surface area contributed by atoms with Crippen LogP contribution in [0, 0.1) is 6.92 Å². The van der Waals surface area contributed by atoms with Crippen LogP contribution in [0.3, 0.4) is 0 Å². The van der Waals surface area contributed by atoms with Crippen molar-refractivity contribution in [3.8, 4) is 0 Å². The molecule has 0 saturated carbocycles. The molecule has 0 bridgehead atoms. The third-order valence-corrected chi connectivity index (χ3v) is 4.06. The van der Waals surface area contributed by atoms with Crippen LogP contribution in [0.5, 0.6) is 0 Å². The lowest BCUT2D eigenvalue weighted by atomic mass is 10.1. The molecule has 9 heteroatoms. The summed E-state index contributed by atoms with van der Waals surface area (Å²) in [4.78, 5) is 12.0. The Morgan fingerprint density at radius 2 is 2.27 bits per heavy atom. The Hall–Kier alpha value is -1.28. The Balaban J connectivity index is 2.02. The molecule has 1 aliphatic heterocycles. The molecule has 124 valence electrons. The molecule has 1 fully saturated rings. The van der Waals surface area contributed by atoms with Crippen molar-refractivity contribution in [2.75, 3.05) is 6.61 Å². The molecule has 0 aliphatic carbocycles. The summed E-state index contributed by atoms with van der Waals surface area (Å²) in [5, 5.41) is 5.63. The number of ether oxygens (including phenoxy) is 1. The first-order chi connectivity index (χ1) is 10.2. The van der Waals surface area contributed by atoms with E-state index >= 15 is 0 Å². The minimum absolute atomic E-state index is 0.0583. The summed E-state index contributed by atoms with van der Waals surface area (Å²) in [6.07, 6.45) is -2.91. The van der Waals surface area contributed by atoms with Gasteiger partial charge in [0.05, 0.1) is 22.9 Å².